The van der Waals surface area contributed by atoms with Crippen LogP contribution in [0.3, 0.4) is 0 Å². The summed E-state index contributed by atoms with van der Waals surface area (Å²) in [5.41, 5.74) is 11.6. The van der Waals surface area contributed by atoms with Gasteiger partial charge in [0.15, 0.2) is 5.58 Å². The number of benzene rings is 2. The minimum Gasteiger partial charge on any atom is -0.398 e. The Bertz CT molecular complexity index is 728. The van der Waals surface area contributed by atoms with Crippen LogP contribution in [-0.2, 0) is 0 Å². The second-order valence-electron chi connectivity index (χ2n) is 4.60. The standard InChI is InChI=1S/C15H14N2O/c1-9-3-6-14-12(7-9)15(17-18-14)11-5-4-10(2)13(16)8-11/h3-8H,16H2,1-2H3. The van der Waals surface area contributed by atoms with Gasteiger partial charge >= 0.3 is 0 Å². The molecule has 3 rings (SSSR count). The molecule has 0 fully saturated rings. The van der Waals surface area contributed by atoms with Crippen LogP contribution in [-0.4, -0.2) is 5.16 Å². The molecule has 0 spiro atoms. The maximum Gasteiger partial charge on any atom is 0.167 e. The van der Waals surface area contributed by atoms with E-state index in [9.17, 15) is 0 Å². The van der Waals surface area contributed by atoms with Gasteiger partial charge in [-0.2, -0.15) is 0 Å². The molecular weight excluding hydrogens is 224 g/mol. The summed E-state index contributed by atoms with van der Waals surface area (Å²) in [4.78, 5) is 0. The monoisotopic (exact) mass is 238 g/mol. The Hall–Kier alpha value is -2.29. The molecule has 3 heteroatoms. The highest BCUT2D eigenvalue weighted by atomic mass is 16.5. The van der Waals surface area contributed by atoms with Crippen LogP contribution in [0, 0.1) is 13.8 Å². The van der Waals surface area contributed by atoms with Crippen molar-refractivity contribution in [1.82, 2.24) is 5.16 Å². The Morgan fingerprint density at radius 1 is 1.06 bits per heavy atom. The van der Waals surface area contributed by atoms with E-state index in [1.807, 2.05) is 37.3 Å². The Labute approximate surface area is 105 Å². The Kier molecular flexibility index (Phi) is 2.33. The van der Waals surface area contributed by atoms with Gasteiger partial charge in [-0.15, -0.1) is 0 Å². The van der Waals surface area contributed by atoms with Gasteiger partial charge in [-0.25, -0.2) is 0 Å². The number of anilines is 1. The van der Waals surface area contributed by atoms with Crippen molar-refractivity contribution in [2.45, 2.75) is 13.8 Å². The highest BCUT2D eigenvalue weighted by Crippen LogP contribution is 2.30. The van der Waals surface area contributed by atoms with Gasteiger partial charge in [0.1, 0.15) is 5.69 Å². The average molecular weight is 238 g/mol. The number of nitrogens with two attached hydrogens (primary N) is 1. The summed E-state index contributed by atoms with van der Waals surface area (Å²) in [5, 5.41) is 5.17. The fraction of sp³-hybridized carbons (Fsp3) is 0.133. The summed E-state index contributed by atoms with van der Waals surface area (Å²) in [7, 11) is 0. The predicted molar refractivity (Wildman–Crippen MR) is 73.3 cm³/mol. The number of fused-ring (bicyclic) bond motifs is 1. The van der Waals surface area contributed by atoms with Crippen LogP contribution in [0.1, 0.15) is 11.1 Å². The molecule has 0 saturated heterocycles. The molecule has 18 heavy (non-hydrogen) atoms. The molecule has 0 unspecified atom stereocenters. The molecule has 0 atom stereocenters. The molecule has 3 aromatic rings. The van der Waals surface area contributed by atoms with Gasteiger partial charge in [0.25, 0.3) is 0 Å². The lowest BCUT2D eigenvalue weighted by atomic mass is 10.0. The smallest absolute Gasteiger partial charge is 0.167 e. The first-order chi connectivity index (χ1) is 8.65. The highest BCUT2D eigenvalue weighted by molar-refractivity contribution is 5.92. The first-order valence-electron chi connectivity index (χ1n) is 5.88. The third kappa shape index (κ3) is 1.64. The summed E-state index contributed by atoms with van der Waals surface area (Å²) in [6.45, 7) is 4.05. The van der Waals surface area contributed by atoms with E-state index in [1.165, 1.54) is 5.56 Å². The molecular formula is C15H14N2O. The van der Waals surface area contributed by atoms with Crippen molar-refractivity contribution in [3.05, 3.63) is 47.5 Å². The Balaban J connectivity index is 2.24. The lowest BCUT2D eigenvalue weighted by Crippen LogP contribution is -1.90. The zero-order chi connectivity index (χ0) is 12.7. The first-order valence-corrected chi connectivity index (χ1v) is 5.88. The van der Waals surface area contributed by atoms with E-state index >= 15 is 0 Å². The average Bonchev–Trinajstić information content (AvgIpc) is 2.75. The van der Waals surface area contributed by atoms with Gasteiger partial charge in [-0.3, -0.25) is 0 Å². The van der Waals surface area contributed by atoms with Crippen molar-refractivity contribution in [3.8, 4) is 11.3 Å². The number of nitrogen functional groups attached to an aromatic ring is 1. The Morgan fingerprint density at radius 3 is 2.67 bits per heavy atom. The minimum atomic E-state index is 0.774. The zero-order valence-electron chi connectivity index (χ0n) is 10.4. The lowest BCUT2D eigenvalue weighted by molar-refractivity contribution is 0.459. The molecule has 1 heterocycles. The number of aryl methyl sites for hydroxylation is 2. The van der Waals surface area contributed by atoms with E-state index in [4.69, 9.17) is 10.3 Å². The second kappa shape index (κ2) is 3.88. The molecule has 0 amide bonds. The van der Waals surface area contributed by atoms with Crippen LogP contribution in [0.5, 0.6) is 0 Å². The van der Waals surface area contributed by atoms with E-state index in [-0.39, 0.29) is 0 Å². The van der Waals surface area contributed by atoms with Crippen LogP contribution in [0.2, 0.25) is 0 Å². The van der Waals surface area contributed by atoms with Crippen molar-refractivity contribution in [2.75, 3.05) is 5.73 Å². The maximum atomic E-state index is 5.94. The summed E-state index contributed by atoms with van der Waals surface area (Å²) in [6, 6.07) is 12.0. The van der Waals surface area contributed by atoms with E-state index in [0.717, 1.165) is 33.5 Å². The van der Waals surface area contributed by atoms with E-state index in [2.05, 4.69) is 18.1 Å². The highest BCUT2D eigenvalue weighted by Gasteiger charge is 2.11. The van der Waals surface area contributed by atoms with Crippen LogP contribution >= 0.6 is 0 Å². The fourth-order valence-corrected chi connectivity index (χ4v) is 2.05. The predicted octanol–water partition coefficient (Wildman–Crippen LogP) is 3.69. The molecule has 0 radical (unpaired) electrons. The van der Waals surface area contributed by atoms with Crippen LogP contribution in [0.4, 0.5) is 5.69 Å². The topological polar surface area (TPSA) is 52.0 Å². The number of rotatable bonds is 1. The summed E-state index contributed by atoms with van der Waals surface area (Å²) in [5.74, 6) is 0. The maximum absolute atomic E-state index is 5.94. The van der Waals surface area contributed by atoms with Gasteiger partial charge in [0.05, 0.1) is 0 Å². The molecule has 0 aliphatic heterocycles. The van der Waals surface area contributed by atoms with Crippen molar-refractivity contribution in [1.29, 1.82) is 0 Å². The summed E-state index contributed by atoms with van der Waals surface area (Å²) >= 11 is 0. The molecule has 1 aromatic heterocycles. The van der Waals surface area contributed by atoms with E-state index in [0.29, 0.717) is 0 Å². The van der Waals surface area contributed by atoms with E-state index in [1.54, 1.807) is 0 Å². The largest absolute Gasteiger partial charge is 0.398 e. The molecule has 2 N–H and O–H groups in total. The molecule has 2 aromatic carbocycles. The molecule has 0 bridgehead atoms. The van der Waals surface area contributed by atoms with Crippen molar-refractivity contribution >= 4 is 16.7 Å². The molecule has 0 aliphatic carbocycles. The quantitative estimate of drug-likeness (QED) is 0.658. The summed E-state index contributed by atoms with van der Waals surface area (Å²) < 4.78 is 5.34. The van der Waals surface area contributed by atoms with Crippen molar-refractivity contribution in [3.63, 3.8) is 0 Å². The summed E-state index contributed by atoms with van der Waals surface area (Å²) in [6.07, 6.45) is 0. The number of hydrogen-bond donors (Lipinski definition) is 1. The third-order valence-electron chi connectivity index (χ3n) is 3.18. The van der Waals surface area contributed by atoms with Gasteiger partial charge in [0, 0.05) is 16.6 Å². The third-order valence-corrected chi connectivity index (χ3v) is 3.18. The number of nitrogens with zero attached hydrogens (tertiary/aromatic N) is 1. The van der Waals surface area contributed by atoms with Crippen LogP contribution < -0.4 is 5.73 Å². The van der Waals surface area contributed by atoms with Crippen LogP contribution in [0.25, 0.3) is 22.2 Å². The van der Waals surface area contributed by atoms with Crippen molar-refractivity contribution in [2.24, 2.45) is 0 Å². The number of aromatic nitrogens is 1. The van der Waals surface area contributed by atoms with Crippen molar-refractivity contribution < 1.29 is 4.52 Å². The zero-order valence-corrected chi connectivity index (χ0v) is 10.4. The molecule has 90 valence electrons. The van der Waals surface area contributed by atoms with E-state index < -0.39 is 0 Å². The number of hydrogen-bond acceptors (Lipinski definition) is 3. The van der Waals surface area contributed by atoms with Gasteiger partial charge in [0.2, 0.25) is 0 Å². The second-order valence-corrected chi connectivity index (χ2v) is 4.60. The molecule has 0 aliphatic rings. The minimum absolute atomic E-state index is 0.774. The van der Waals surface area contributed by atoms with Gasteiger partial charge < -0.3 is 10.3 Å². The molecule has 0 saturated carbocycles. The Morgan fingerprint density at radius 2 is 1.89 bits per heavy atom. The van der Waals surface area contributed by atoms with Gasteiger partial charge in [-0.05, 0) is 37.6 Å². The fourth-order valence-electron chi connectivity index (χ4n) is 2.05. The lowest BCUT2D eigenvalue weighted by Gasteiger charge is -2.02. The van der Waals surface area contributed by atoms with Gasteiger partial charge in [-0.1, -0.05) is 28.9 Å². The first kappa shape index (κ1) is 10.8. The molecule has 3 nitrogen and oxygen atoms in total. The SMILES string of the molecule is Cc1ccc2onc(-c3ccc(C)c(N)c3)c2c1. The normalized spacial score (nSPS) is 11.0. The van der Waals surface area contributed by atoms with Crippen LogP contribution in [0.15, 0.2) is 40.9 Å².